The normalized spacial score (nSPS) is 18.2. The van der Waals surface area contributed by atoms with Gasteiger partial charge in [0.15, 0.2) is 0 Å². The van der Waals surface area contributed by atoms with Crippen LogP contribution in [0.4, 0.5) is 0 Å². The van der Waals surface area contributed by atoms with E-state index in [9.17, 15) is 13.2 Å². The number of rotatable bonds is 4. The third kappa shape index (κ3) is 4.57. The third-order valence-electron chi connectivity index (χ3n) is 3.38. The Hall–Kier alpha value is -1.35. The van der Waals surface area contributed by atoms with Crippen LogP contribution >= 0.6 is 12.4 Å². The van der Waals surface area contributed by atoms with Crippen LogP contribution in [0.5, 0.6) is 5.75 Å². The summed E-state index contributed by atoms with van der Waals surface area (Å²) in [6, 6.07) is 4.00. The van der Waals surface area contributed by atoms with Crippen molar-refractivity contribution in [3.63, 3.8) is 0 Å². The zero-order chi connectivity index (χ0) is 15.5. The van der Waals surface area contributed by atoms with E-state index >= 15 is 0 Å². The van der Waals surface area contributed by atoms with Crippen molar-refractivity contribution in [2.75, 3.05) is 20.2 Å². The maximum absolute atomic E-state index is 12.3. The molecule has 1 aromatic carbocycles. The maximum atomic E-state index is 12.3. The van der Waals surface area contributed by atoms with Crippen molar-refractivity contribution in [1.82, 2.24) is 10.6 Å². The highest BCUT2D eigenvalue weighted by atomic mass is 35.5. The van der Waals surface area contributed by atoms with Gasteiger partial charge in [-0.05, 0) is 37.6 Å². The van der Waals surface area contributed by atoms with Gasteiger partial charge in [0.1, 0.15) is 5.75 Å². The van der Waals surface area contributed by atoms with Crippen LogP contribution in [0.25, 0.3) is 0 Å². The van der Waals surface area contributed by atoms with Gasteiger partial charge in [-0.3, -0.25) is 4.79 Å². The number of amides is 1. The fourth-order valence-electron chi connectivity index (χ4n) is 2.28. The van der Waals surface area contributed by atoms with Crippen LogP contribution in [0.15, 0.2) is 23.1 Å². The van der Waals surface area contributed by atoms with Crippen molar-refractivity contribution in [2.24, 2.45) is 5.14 Å². The summed E-state index contributed by atoms with van der Waals surface area (Å²) in [6.07, 6.45) is 1.87. The molecule has 0 radical (unpaired) electrons. The van der Waals surface area contributed by atoms with Crippen LogP contribution in [-0.2, 0) is 10.0 Å². The number of halogens is 1. The predicted octanol–water partition coefficient (Wildman–Crippen LogP) is 0.246. The molecule has 1 heterocycles. The van der Waals surface area contributed by atoms with E-state index < -0.39 is 10.0 Å². The SMILES string of the molecule is COc1ccc(S(N)(=O)=O)cc1C(=O)NC1CCCNC1.Cl. The Labute approximate surface area is 136 Å². The summed E-state index contributed by atoms with van der Waals surface area (Å²) in [5.41, 5.74) is 0.162. The molecule has 2 rings (SSSR count). The molecule has 1 aliphatic heterocycles. The average molecular weight is 350 g/mol. The molecule has 0 saturated carbocycles. The van der Waals surface area contributed by atoms with Gasteiger partial charge in [0, 0.05) is 12.6 Å². The van der Waals surface area contributed by atoms with E-state index in [1.807, 2.05) is 0 Å². The molecule has 0 aromatic heterocycles. The zero-order valence-electron chi connectivity index (χ0n) is 12.2. The smallest absolute Gasteiger partial charge is 0.255 e. The summed E-state index contributed by atoms with van der Waals surface area (Å²) in [6.45, 7) is 1.64. The average Bonchev–Trinajstić information content (AvgIpc) is 2.46. The molecule has 4 N–H and O–H groups in total. The largest absolute Gasteiger partial charge is 0.496 e. The molecule has 1 atom stereocenters. The second-order valence-corrected chi connectivity index (χ2v) is 6.49. The van der Waals surface area contributed by atoms with E-state index in [1.54, 1.807) is 0 Å². The van der Waals surface area contributed by atoms with Gasteiger partial charge < -0.3 is 15.4 Å². The molecule has 0 aliphatic carbocycles. The van der Waals surface area contributed by atoms with Gasteiger partial charge in [0.05, 0.1) is 17.6 Å². The molecule has 1 fully saturated rings. The van der Waals surface area contributed by atoms with Crippen molar-refractivity contribution >= 4 is 28.3 Å². The summed E-state index contributed by atoms with van der Waals surface area (Å²) >= 11 is 0. The summed E-state index contributed by atoms with van der Waals surface area (Å²) in [4.78, 5) is 12.2. The van der Waals surface area contributed by atoms with E-state index in [-0.39, 0.29) is 34.8 Å². The molecule has 22 heavy (non-hydrogen) atoms. The second-order valence-electron chi connectivity index (χ2n) is 4.92. The molecule has 1 amide bonds. The fourth-order valence-corrected chi connectivity index (χ4v) is 2.82. The number of carbonyl (C=O) groups excluding carboxylic acids is 1. The number of hydrogen-bond donors (Lipinski definition) is 3. The Morgan fingerprint density at radius 2 is 2.18 bits per heavy atom. The quantitative estimate of drug-likeness (QED) is 0.721. The monoisotopic (exact) mass is 349 g/mol. The lowest BCUT2D eigenvalue weighted by molar-refractivity contribution is 0.0927. The number of sulfonamides is 1. The molecule has 1 saturated heterocycles. The molecule has 7 nitrogen and oxygen atoms in total. The highest BCUT2D eigenvalue weighted by molar-refractivity contribution is 7.89. The Balaban J connectivity index is 0.00000242. The lowest BCUT2D eigenvalue weighted by Crippen LogP contribution is -2.45. The van der Waals surface area contributed by atoms with Crippen LogP contribution in [0.2, 0.25) is 0 Å². The topological polar surface area (TPSA) is 111 Å². The van der Waals surface area contributed by atoms with Gasteiger partial charge in [-0.15, -0.1) is 12.4 Å². The Kier molecular flexibility index (Phi) is 6.61. The van der Waals surface area contributed by atoms with E-state index in [0.29, 0.717) is 12.3 Å². The lowest BCUT2D eigenvalue weighted by Gasteiger charge is -2.24. The number of nitrogens with one attached hydrogen (secondary N) is 2. The van der Waals surface area contributed by atoms with E-state index in [4.69, 9.17) is 9.88 Å². The van der Waals surface area contributed by atoms with Crippen molar-refractivity contribution < 1.29 is 17.9 Å². The van der Waals surface area contributed by atoms with Gasteiger partial charge in [-0.25, -0.2) is 13.6 Å². The number of piperidine rings is 1. The predicted molar refractivity (Wildman–Crippen MR) is 85.0 cm³/mol. The Morgan fingerprint density at radius 3 is 2.73 bits per heavy atom. The first-order valence-corrected chi connectivity index (χ1v) is 8.19. The van der Waals surface area contributed by atoms with Crippen LogP contribution in [0.1, 0.15) is 23.2 Å². The van der Waals surface area contributed by atoms with Gasteiger partial charge in [0.25, 0.3) is 5.91 Å². The summed E-state index contributed by atoms with van der Waals surface area (Å²) in [7, 11) is -2.44. The molecule has 124 valence electrons. The van der Waals surface area contributed by atoms with Crippen molar-refractivity contribution in [3.05, 3.63) is 23.8 Å². The minimum Gasteiger partial charge on any atom is -0.496 e. The number of primary sulfonamides is 1. The Morgan fingerprint density at radius 1 is 1.45 bits per heavy atom. The maximum Gasteiger partial charge on any atom is 0.255 e. The molecule has 1 unspecified atom stereocenters. The van der Waals surface area contributed by atoms with E-state index in [1.165, 1.54) is 25.3 Å². The van der Waals surface area contributed by atoms with Crippen LogP contribution in [0.3, 0.4) is 0 Å². The first-order valence-electron chi connectivity index (χ1n) is 6.64. The minimum absolute atomic E-state index is 0. The Bertz CT molecular complexity index is 630. The van der Waals surface area contributed by atoms with E-state index in [2.05, 4.69) is 10.6 Å². The number of carbonyl (C=O) groups is 1. The standard InChI is InChI=1S/C13H19N3O4S.ClH/c1-20-12-5-4-10(21(14,18)19)7-11(12)13(17)16-9-3-2-6-15-8-9;/h4-5,7,9,15H,2-3,6,8H2,1H3,(H,16,17)(H2,14,18,19);1H. The van der Waals surface area contributed by atoms with Crippen molar-refractivity contribution in [1.29, 1.82) is 0 Å². The van der Waals surface area contributed by atoms with Crippen molar-refractivity contribution in [2.45, 2.75) is 23.8 Å². The van der Waals surface area contributed by atoms with Gasteiger partial charge >= 0.3 is 0 Å². The molecule has 9 heteroatoms. The number of nitrogens with two attached hydrogens (primary N) is 1. The summed E-state index contributed by atoms with van der Waals surface area (Å²) in [5, 5.41) is 11.2. The van der Waals surface area contributed by atoms with Crippen LogP contribution in [0, 0.1) is 0 Å². The third-order valence-corrected chi connectivity index (χ3v) is 4.29. The second kappa shape index (κ2) is 7.77. The minimum atomic E-state index is -3.86. The number of ether oxygens (including phenoxy) is 1. The van der Waals surface area contributed by atoms with Crippen LogP contribution in [-0.4, -0.2) is 40.6 Å². The first kappa shape index (κ1) is 18.7. The van der Waals surface area contributed by atoms with Crippen molar-refractivity contribution in [3.8, 4) is 5.75 Å². The molecule has 0 bridgehead atoms. The molecular formula is C13H20ClN3O4S. The molecular weight excluding hydrogens is 330 g/mol. The lowest BCUT2D eigenvalue weighted by atomic mass is 10.1. The van der Waals surface area contributed by atoms with Gasteiger partial charge in [0.2, 0.25) is 10.0 Å². The zero-order valence-corrected chi connectivity index (χ0v) is 13.8. The van der Waals surface area contributed by atoms with E-state index in [0.717, 1.165) is 19.4 Å². The molecule has 1 aromatic rings. The first-order chi connectivity index (χ1) is 9.91. The van der Waals surface area contributed by atoms with Gasteiger partial charge in [-0.2, -0.15) is 0 Å². The summed E-state index contributed by atoms with van der Waals surface area (Å²) in [5.74, 6) is -0.0604. The molecule has 1 aliphatic rings. The highest BCUT2D eigenvalue weighted by Crippen LogP contribution is 2.22. The summed E-state index contributed by atoms with van der Waals surface area (Å²) < 4.78 is 27.9. The number of methoxy groups -OCH3 is 1. The fraction of sp³-hybridized carbons (Fsp3) is 0.462. The van der Waals surface area contributed by atoms with Gasteiger partial charge in [-0.1, -0.05) is 0 Å². The number of hydrogen-bond acceptors (Lipinski definition) is 5. The molecule has 0 spiro atoms. The number of benzene rings is 1. The van der Waals surface area contributed by atoms with Crippen LogP contribution < -0.4 is 20.5 Å². The highest BCUT2D eigenvalue weighted by Gasteiger charge is 2.21.